The van der Waals surface area contributed by atoms with Crippen molar-refractivity contribution in [3.63, 3.8) is 0 Å². The monoisotopic (exact) mass is 182 g/mol. The van der Waals surface area contributed by atoms with E-state index < -0.39 is 25.1 Å². The molecule has 1 unspecified atom stereocenters. The number of hydrogen-bond donors (Lipinski definition) is 5. The molecule has 0 aromatic rings. The average Bonchev–Trinajstić information content (AvgIpc) is 2.11. The molecule has 0 bridgehead atoms. The fourth-order valence-electron chi connectivity index (χ4n) is 0.570. The molecule has 74 valence electrons. The van der Waals surface area contributed by atoms with Crippen molar-refractivity contribution >= 4 is 0 Å². The number of hydrogen-bond acceptors (Lipinski definition) is 6. The van der Waals surface area contributed by atoms with Crippen molar-refractivity contribution in [3.05, 3.63) is 0 Å². The zero-order chi connectivity index (χ0) is 9.56. The number of rotatable bonds is 6. The normalized spacial score (nSPS) is 18.8. The van der Waals surface area contributed by atoms with Crippen molar-refractivity contribution in [2.24, 2.45) is 0 Å². The zero-order valence-electron chi connectivity index (χ0n) is 6.50. The van der Waals surface area contributed by atoms with Gasteiger partial charge in [0.1, 0.15) is 12.2 Å². The summed E-state index contributed by atoms with van der Waals surface area (Å²) in [5.41, 5.74) is 0. The van der Waals surface area contributed by atoms with Gasteiger partial charge in [0.25, 0.3) is 0 Å². The summed E-state index contributed by atoms with van der Waals surface area (Å²) in [6.45, 7) is -1.10. The first-order valence-electron chi connectivity index (χ1n) is 3.51. The molecule has 0 aromatic heterocycles. The first-order valence-corrected chi connectivity index (χ1v) is 3.51. The highest BCUT2D eigenvalue weighted by atomic mass is 16.6. The maximum Gasteiger partial charge on any atom is 0.183 e. The molecular weight excluding hydrogens is 168 g/mol. The Morgan fingerprint density at radius 3 is 2.08 bits per heavy atom. The Labute approximate surface area is 69.6 Å². The van der Waals surface area contributed by atoms with Crippen molar-refractivity contribution in [3.8, 4) is 0 Å². The van der Waals surface area contributed by atoms with Crippen LogP contribution < -0.4 is 0 Å². The van der Waals surface area contributed by atoms with E-state index in [1.165, 1.54) is 0 Å². The first kappa shape index (κ1) is 11.8. The number of aliphatic hydroxyl groups is 5. The molecule has 0 spiro atoms. The number of aliphatic hydroxyl groups excluding tert-OH is 5. The third-order valence-electron chi connectivity index (χ3n) is 1.25. The molecule has 0 amide bonds. The summed E-state index contributed by atoms with van der Waals surface area (Å²) in [4.78, 5) is 0. The Morgan fingerprint density at radius 1 is 1.08 bits per heavy atom. The predicted molar refractivity (Wildman–Crippen MR) is 38.1 cm³/mol. The summed E-state index contributed by atoms with van der Waals surface area (Å²) in [6, 6.07) is 0. The summed E-state index contributed by atoms with van der Waals surface area (Å²) >= 11 is 0. The molecule has 0 aliphatic carbocycles. The summed E-state index contributed by atoms with van der Waals surface area (Å²) < 4.78 is 4.46. The molecule has 0 saturated carbocycles. The lowest BCUT2D eigenvalue weighted by Gasteiger charge is -2.20. The van der Waals surface area contributed by atoms with E-state index in [0.29, 0.717) is 0 Å². The van der Waals surface area contributed by atoms with Gasteiger partial charge in [0.2, 0.25) is 0 Å². The van der Waals surface area contributed by atoms with Crippen LogP contribution in [0.5, 0.6) is 0 Å². The molecule has 6 heteroatoms. The smallest absolute Gasteiger partial charge is 0.183 e. The minimum absolute atomic E-state index is 0.142. The van der Waals surface area contributed by atoms with Gasteiger partial charge in [0.15, 0.2) is 6.29 Å². The minimum atomic E-state index is -1.60. The summed E-state index contributed by atoms with van der Waals surface area (Å²) in [5.74, 6) is 0. The molecule has 3 atom stereocenters. The van der Waals surface area contributed by atoms with E-state index in [0.717, 1.165) is 0 Å². The van der Waals surface area contributed by atoms with E-state index in [2.05, 4.69) is 4.74 Å². The molecule has 0 fully saturated rings. The molecule has 0 rings (SSSR count). The average molecular weight is 182 g/mol. The molecule has 0 radical (unpaired) electrons. The molecule has 0 aliphatic rings. The maximum absolute atomic E-state index is 8.95. The van der Waals surface area contributed by atoms with E-state index in [1.54, 1.807) is 0 Å². The van der Waals surface area contributed by atoms with Gasteiger partial charge >= 0.3 is 0 Å². The van der Waals surface area contributed by atoms with Gasteiger partial charge < -0.3 is 30.3 Å². The largest absolute Gasteiger partial charge is 0.394 e. The van der Waals surface area contributed by atoms with Gasteiger partial charge in [-0.15, -0.1) is 0 Å². The van der Waals surface area contributed by atoms with Gasteiger partial charge in [0.05, 0.1) is 19.8 Å². The lowest BCUT2D eigenvalue weighted by molar-refractivity contribution is -0.195. The van der Waals surface area contributed by atoms with Gasteiger partial charge in [-0.3, -0.25) is 0 Å². The summed E-state index contributed by atoms with van der Waals surface area (Å²) in [5, 5.41) is 43.3. The molecule has 0 heterocycles. The van der Waals surface area contributed by atoms with E-state index in [4.69, 9.17) is 25.5 Å². The third kappa shape index (κ3) is 3.96. The molecule has 0 aromatic carbocycles. The topological polar surface area (TPSA) is 110 Å². The molecule has 5 N–H and O–H groups in total. The standard InChI is InChI=1S/C6H14O6/c7-1-2-12-6(11)5(10)4(9)3-8/h4-11H,1-3H2/t4-,5+,6?/m1/s1. The first-order chi connectivity index (χ1) is 5.63. The highest BCUT2D eigenvalue weighted by Crippen LogP contribution is 2.00. The minimum Gasteiger partial charge on any atom is -0.394 e. The van der Waals surface area contributed by atoms with Crippen LogP contribution in [0.1, 0.15) is 0 Å². The van der Waals surface area contributed by atoms with Crippen molar-refractivity contribution in [2.45, 2.75) is 18.5 Å². The highest BCUT2D eigenvalue weighted by Gasteiger charge is 2.24. The molecule has 6 nitrogen and oxygen atoms in total. The van der Waals surface area contributed by atoms with Crippen molar-refractivity contribution < 1.29 is 30.3 Å². The van der Waals surface area contributed by atoms with Crippen LogP contribution >= 0.6 is 0 Å². The molecule has 0 aliphatic heterocycles. The molecule has 0 saturated heterocycles. The lowest BCUT2D eigenvalue weighted by atomic mass is 10.2. The third-order valence-corrected chi connectivity index (χ3v) is 1.25. The van der Waals surface area contributed by atoms with Crippen molar-refractivity contribution in [1.29, 1.82) is 0 Å². The lowest BCUT2D eigenvalue weighted by Crippen LogP contribution is -2.41. The summed E-state index contributed by atoms with van der Waals surface area (Å²) in [7, 11) is 0. The Balaban J connectivity index is 3.67. The van der Waals surface area contributed by atoms with E-state index >= 15 is 0 Å². The van der Waals surface area contributed by atoms with E-state index in [1.807, 2.05) is 0 Å². The van der Waals surface area contributed by atoms with Crippen LogP contribution in [0.4, 0.5) is 0 Å². The van der Waals surface area contributed by atoms with Crippen LogP contribution in [0.3, 0.4) is 0 Å². The Hall–Kier alpha value is -0.240. The molecular formula is C6H14O6. The maximum atomic E-state index is 8.95. The fraction of sp³-hybridized carbons (Fsp3) is 1.00. The second-order valence-electron chi connectivity index (χ2n) is 2.23. The Morgan fingerprint density at radius 2 is 1.67 bits per heavy atom. The Kier molecular flexibility index (Phi) is 6.17. The van der Waals surface area contributed by atoms with Crippen LogP contribution in [-0.4, -0.2) is 63.9 Å². The van der Waals surface area contributed by atoms with Gasteiger partial charge in [-0.1, -0.05) is 0 Å². The van der Waals surface area contributed by atoms with Crippen LogP contribution in [-0.2, 0) is 4.74 Å². The fourth-order valence-corrected chi connectivity index (χ4v) is 0.570. The van der Waals surface area contributed by atoms with Gasteiger partial charge in [-0.25, -0.2) is 0 Å². The van der Waals surface area contributed by atoms with E-state index in [-0.39, 0.29) is 13.2 Å². The van der Waals surface area contributed by atoms with Gasteiger partial charge in [0, 0.05) is 0 Å². The number of ether oxygens (including phenoxy) is 1. The van der Waals surface area contributed by atoms with Crippen LogP contribution in [0.2, 0.25) is 0 Å². The van der Waals surface area contributed by atoms with Crippen molar-refractivity contribution in [2.75, 3.05) is 19.8 Å². The highest BCUT2D eigenvalue weighted by molar-refractivity contribution is 4.68. The second-order valence-corrected chi connectivity index (χ2v) is 2.23. The predicted octanol–water partition coefficient (Wildman–Crippen LogP) is -2.97. The van der Waals surface area contributed by atoms with E-state index in [9.17, 15) is 0 Å². The van der Waals surface area contributed by atoms with Gasteiger partial charge in [-0.05, 0) is 0 Å². The molecule has 12 heavy (non-hydrogen) atoms. The summed E-state index contributed by atoms with van der Waals surface area (Å²) in [6.07, 6.45) is -4.61. The van der Waals surface area contributed by atoms with Gasteiger partial charge in [-0.2, -0.15) is 0 Å². The quantitative estimate of drug-likeness (QED) is 0.280. The van der Waals surface area contributed by atoms with Crippen molar-refractivity contribution in [1.82, 2.24) is 0 Å². The van der Waals surface area contributed by atoms with Crippen LogP contribution in [0, 0.1) is 0 Å². The van der Waals surface area contributed by atoms with Crippen LogP contribution in [0.25, 0.3) is 0 Å². The zero-order valence-corrected chi connectivity index (χ0v) is 6.50. The Bertz CT molecular complexity index is 108. The van der Waals surface area contributed by atoms with Crippen LogP contribution in [0.15, 0.2) is 0 Å². The second kappa shape index (κ2) is 6.30. The SMILES string of the molecule is OCCOC(O)[C@@H](O)[C@H](O)CO.